The number of rotatable bonds is 6. The Labute approximate surface area is 138 Å². The molecule has 2 rings (SSSR count). The van der Waals surface area contributed by atoms with Crippen molar-refractivity contribution in [2.24, 2.45) is 0 Å². The van der Waals surface area contributed by atoms with Crippen molar-refractivity contribution in [1.82, 2.24) is 5.32 Å². The topological polar surface area (TPSA) is 50.8 Å². The molecule has 1 fully saturated rings. The fourth-order valence-electron chi connectivity index (χ4n) is 2.65. The molecule has 22 heavy (non-hydrogen) atoms. The lowest BCUT2D eigenvalue weighted by Crippen LogP contribution is -2.31. The van der Waals surface area contributed by atoms with Crippen LogP contribution in [0.5, 0.6) is 5.75 Å². The number of anilines is 1. The summed E-state index contributed by atoms with van der Waals surface area (Å²) >= 11 is 0. The summed E-state index contributed by atoms with van der Waals surface area (Å²) in [6.07, 6.45) is 0.642. The van der Waals surface area contributed by atoms with Crippen molar-refractivity contribution in [1.29, 1.82) is 0 Å². The third-order valence-corrected chi connectivity index (χ3v) is 3.83. The van der Waals surface area contributed by atoms with Gasteiger partial charge in [-0.25, -0.2) is 0 Å². The molecule has 0 aromatic heterocycles. The molecule has 124 valence electrons. The van der Waals surface area contributed by atoms with Crippen molar-refractivity contribution in [3.8, 4) is 5.75 Å². The molecule has 1 aliphatic rings. The number of halogens is 1. The van der Waals surface area contributed by atoms with Gasteiger partial charge in [-0.2, -0.15) is 0 Å². The van der Waals surface area contributed by atoms with Gasteiger partial charge in [-0.05, 0) is 26.0 Å². The van der Waals surface area contributed by atoms with E-state index in [1.165, 1.54) is 7.11 Å². The zero-order valence-electron chi connectivity index (χ0n) is 13.4. The first-order valence-corrected chi connectivity index (χ1v) is 7.50. The molecule has 1 aliphatic heterocycles. The SMILES string of the molecule is CCN(CC)c1cccc(O[C@H]2CN[C@H](C(=O)OC)C2)c1.Cl. The molecule has 0 unspecified atom stereocenters. The average molecular weight is 329 g/mol. The lowest BCUT2D eigenvalue weighted by Gasteiger charge is -2.22. The van der Waals surface area contributed by atoms with Crippen LogP contribution in [0.2, 0.25) is 0 Å². The lowest BCUT2D eigenvalue weighted by molar-refractivity contribution is -0.142. The van der Waals surface area contributed by atoms with Gasteiger partial charge in [0.15, 0.2) is 0 Å². The van der Waals surface area contributed by atoms with E-state index in [1.54, 1.807) is 0 Å². The number of hydrogen-bond acceptors (Lipinski definition) is 5. The number of methoxy groups -OCH3 is 1. The van der Waals surface area contributed by atoms with Gasteiger partial charge in [0, 0.05) is 37.8 Å². The largest absolute Gasteiger partial charge is 0.489 e. The summed E-state index contributed by atoms with van der Waals surface area (Å²) in [7, 11) is 1.41. The van der Waals surface area contributed by atoms with E-state index < -0.39 is 0 Å². The van der Waals surface area contributed by atoms with E-state index >= 15 is 0 Å². The predicted octanol–water partition coefficient (Wildman–Crippen LogP) is 2.24. The number of ether oxygens (including phenoxy) is 2. The molecular weight excluding hydrogens is 304 g/mol. The van der Waals surface area contributed by atoms with Crippen LogP contribution in [0.1, 0.15) is 20.3 Å². The highest BCUT2D eigenvalue weighted by molar-refractivity contribution is 5.85. The summed E-state index contributed by atoms with van der Waals surface area (Å²) < 4.78 is 10.7. The van der Waals surface area contributed by atoms with Gasteiger partial charge in [0.2, 0.25) is 0 Å². The fraction of sp³-hybridized carbons (Fsp3) is 0.562. The second-order valence-corrected chi connectivity index (χ2v) is 5.13. The molecule has 0 aliphatic carbocycles. The number of esters is 1. The van der Waals surface area contributed by atoms with Gasteiger partial charge >= 0.3 is 5.97 Å². The minimum atomic E-state index is -0.258. The van der Waals surface area contributed by atoms with E-state index in [4.69, 9.17) is 9.47 Å². The Hall–Kier alpha value is -1.46. The van der Waals surface area contributed by atoms with Crippen LogP contribution in [-0.2, 0) is 9.53 Å². The van der Waals surface area contributed by atoms with Crippen molar-refractivity contribution in [2.75, 3.05) is 31.6 Å². The van der Waals surface area contributed by atoms with Crippen molar-refractivity contribution in [3.63, 3.8) is 0 Å². The van der Waals surface area contributed by atoms with Crippen LogP contribution in [0.4, 0.5) is 5.69 Å². The smallest absolute Gasteiger partial charge is 0.323 e. The third kappa shape index (κ3) is 4.52. The second kappa shape index (κ2) is 8.86. The second-order valence-electron chi connectivity index (χ2n) is 5.13. The predicted molar refractivity (Wildman–Crippen MR) is 90.1 cm³/mol. The zero-order chi connectivity index (χ0) is 15.2. The fourth-order valence-corrected chi connectivity index (χ4v) is 2.65. The van der Waals surface area contributed by atoms with E-state index in [-0.39, 0.29) is 30.5 Å². The van der Waals surface area contributed by atoms with Gasteiger partial charge in [-0.15, -0.1) is 12.4 Å². The van der Waals surface area contributed by atoms with Crippen molar-refractivity contribution < 1.29 is 14.3 Å². The summed E-state index contributed by atoms with van der Waals surface area (Å²) in [5.41, 5.74) is 1.16. The Morgan fingerprint density at radius 1 is 1.36 bits per heavy atom. The summed E-state index contributed by atoms with van der Waals surface area (Å²) in [4.78, 5) is 13.8. The van der Waals surface area contributed by atoms with Crippen LogP contribution < -0.4 is 15.0 Å². The Kier molecular flexibility index (Phi) is 7.48. The first-order chi connectivity index (χ1) is 10.2. The minimum Gasteiger partial charge on any atom is -0.489 e. The monoisotopic (exact) mass is 328 g/mol. The van der Waals surface area contributed by atoms with E-state index in [1.807, 2.05) is 12.1 Å². The Morgan fingerprint density at radius 3 is 2.73 bits per heavy atom. The molecule has 0 spiro atoms. The molecule has 2 atom stereocenters. The number of benzene rings is 1. The molecule has 1 heterocycles. The van der Waals surface area contributed by atoms with Gasteiger partial charge < -0.3 is 19.7 Å². The van der Waals surface area contributed by atoms with Crippen LogP contribution in [-0.4, -0.2) is 44.9 Å². The minimum absolute atomic E-state index is 0. The first kappa shape index (κ1) is 18.6. The quantitative estimate of drug-likeness (QED) is 0.812. The van der Waals surface area contributed by atoms with Gasteiger partial charge in [0.1, 0.15) is 17.9 Å². The lowest BCUT2D eigenvalue weighted by atomic mass is 10.2. The zero-order valence-corrected chi connectivity index (χ0v) is 14.2. The molecule has 1 aromatic rings. The molecule has 0 amide bonds. The van der Waals surface area contributed by atoms with E-state index in [0.29, 0.717) is 13.0 Å². The molecule has 0 radical (unpaired) electrons. The van der Waals surface area contributed by atoms with Crippen LogP contribution in [0.25, 0.3) is 0 Å². The maximum Gasteiger partial charge on any atom is 0.323 e. The Morgan fingerprint density at radius 2 is 2.09 bits per heavy atom. The van der Waals surface area contributed by atoms with Crippen LogP contribution in [0, 0.1) is 0 Å². The maximum atomic E-state index is 11.5. The average Bonchev–Trinajstić information content (AvgIpc) is 2.96. The van der Waals surface area contributed by atoms with Gasteiger partial charge in [0.05, 0.1) is 7.11 Å². The molecule has 0 bridgehead atoms. The Bertz CT molecular complexity index is 480. The summed E-state index contributed by atoms with van der Waals surface area (Å²) in [6, 6.07) is 7.84. The molecule has 1 aromatic carbocycles. The Balaban J connectivity index is 0.00000242. The van der Waals surface area contributed by atoms with E-state index in [0.717, 1.165) is 24.5 Å². The molecule has 1 saturated heterocycles. The number of carbonyl (C=O) groups is 1. The van der Waals surface area contributed by atoms with Crippen molar-refractivity contribution in [2.45, 2.75) is 32.4 Å². The number of hydrogen-bond donors (Lipinski definition) is 1. The highest BCUT2D eigenvalue weighted by Crippen LogP contribution is 2.23. The van der Waals surface area contributed by atoms with Gasteiger partial charge in [-0.3, -0.25) is 4.79 Å². The molecule has 1 N–H and O–H groups in total. The van der Waals surface area contributed by atoms with Crippen molar-refractivity contribution >= 4 is 24.1 Å². The summed E-state index contributed by atoms with van der Waals surface area (Å²) in [5.74, 6) is 0.620. The van der Waals surface area contributed by atoms with E-state index in [2.05, 4.69) is 36.2 Å². The van der Waals surface area contributed by atoms with Crippen LogP contribution in [0.3, 0.4) is 0 Å². The van der Waals surface area contributed by atoms with Crippen LogP contribution >= 0.6 is 12.4 Å². The normalized spacial score (nSPS) is 20.1. The van der Waals surface area contributed by atoms with Gasteiger partial charge in [-0.1, -0.05) is 6.07 Å². The standard InChI is InChI=1S/C16H24N2O3.ClH/c1-4-18(5-2)12-7-6-8-13(9-12)21-14-10-15(17-11-14)16(19)20-3;/h6-9,14-15,17H,4-5,10-11H2,1-3H3;1H/t14-,15+;/m1./s1. The maximum absolute atomic E-state index is 11.5. The summed E-state index contributed by atoms with van der Waals surface area (Å²) in [5, 5.41) is 3.13. The molecular formula is C16H25ClN2O3. The molecule has 0 saturated carbocycles. The number of carbonyl (C=O) groups excluding carboxylic acids is 1. The van der Waals surface area contributed by atoms with Crippen LogP contribution in [0.15, 0.2) is 24.3 Å². The molecule has 6 heteroatoms. The summed E-state index contributed by atoms with van der Waals surface area (Å²) in [6.45, 7) is 6.87. The molecule has 5 nitrogen and oxygen atoms in total. The highest BCUT2D eigenvalue weighted by Gasteiger charge is 2.31. The van der Waals surface area contributed by atoms with E-state index in [9.17, 15) is 4.79 Å². The van der Waals surface area contributed by atoms with Gasteiger partial charge in [0.25, 0.3) is 0 Å². The number of nitrogens with one attached hydrogen (secondary N) is 1. The number of nitrogens with zero attached hydrogens (tertiary/aromatic N) is 1. The first-order valence-electron chi connectivity index (χ1n) is 7.50. The third-order valence-electron chi connectivity index (χ3n) is 3.83. The van der Waals surface area contributed by atoms with Crippen molar-refractivity contribution in [3.05, 3.63) is 24.3 Å². The highest BCUT2D eigenvalue weighted by atomic mass is 35.5.